The van der Waals surface area contributed by atoms with Crippen molar-refractivity contribution in [3.63, 3.8) is 0 Å². The second-order valence-electron chi connectivity index (χ2n) is 12.6. The Labute approximate surface area is 291 Å². The molecule has 1 N–H and O–H groups in total. The Morgan fingerprint density at radius 3 is 1.45 bits per heavy atom. The maximum absolute atomic E-state index is 12.2. The van der Waals surface area contributed by atoms with Crippen molar-refractivity contribution in [1.82, 2.24) is 0 Å². The normalized spacial score (nSPS) is 13.2. The molecule has 0 aliphatic rings. The van der Waals surface area contributed by atoms with Gasteiger partial charge in [-0.2, -0.15) is 0 Å². The molecule has 0 amide bonds. The van der Waals surface area contributed by atoms with E-state index < -0.39 is 6.10 Å². The molecule has 0 aliphatic heterocycles. The number of rotatable bonds is 35. The van der Waals surface area contributed by atoms with E-state index in [1.54, 1.807) is 0 Å². The number of carbonyl (C=O) groups is 1. The van der Waals surface area contributed by atoms with Gasteiger partial charge >= 0.3 is 5.97 Å². The van der Waals surface area contributed by atoms with Crippen molar-refractivity contribution < 1.29 is 19.4 Å². The molecule has 1 atom stereocenters. The zero-order chi connectivity index (χ0) is 34.1. The van der Waals surface area contributed by atoms with Crippen LogP contribution in [0.5, 0.6) is 0 Å². The number of ether oxygens (including phenoxy) is 2. The van der Waals surface area contributed by atoms with Crippen molar-refractivity contribution in [1.29, 1.82) is 0 Å². The van der Waals surface area contributed by atoms with Crippen LogP contribution in [0.1, 0.15) is 168 Å². The maximum atomic E-state index is 12.2. The van der Waals surface area contributed by atoms with Crippen molar-refractivity contribution in [3.05, 3.63) is 72.9 Å². The summed E-state index contributed by atoms with van der Waals surface area (Å²) in [6.45, 7) is 5.20. The van der Waals surface area contributed by atoms with Crippen molar-refractivity contribution >= 4 is 5.97 Å². The fourth-order valence-corrected chi connectivity index (χ4v) is 5.15. The standard InChI is InChI=1S/C43H74O4/c1-3-5-7-9-11-13-15-17-18-19-20-21-22-23-24-25-26-27-28-30-32-34-36-38-43(45)47-42(40-44)41-46-39-37-35-33-31-29-16-14-12-10-8-6-4-2/h5,7,11,13,17-18,20-21,23-24,26-27,42,44H,3-4,6,8-10,12,14-16,19,22,25,28-41H2,1-2H3/b7-5-,13-11-,18-17-,21-20-,24-23-,27-26-. The van der Waals surface area contributed by atoms with Crippen molar-refractivity contribution in [2.45, 2.75) is 174 Å². The molecule has 4 heteroatoms. The molecule has 0 spiro atoms. The van der Waals surface area contributed by atoms with Gasteiger partial charge in [0.2, 0.25) is 0 Å². The van der Waals surface area contributed by atoms with Crippen LogP contribution in [0.2, 0.25) is 0 Å². The first kappa shape index (κ1) is 44.8. The Bertz CT molecular complexity index is 820. The molecular weight excluding hydrogens is 580 g/mol. The molecule has 0 aromatic rings. The molecule has 0 rings (SSSR count). The van der Waals surface area contributed by atoms with Gasteiger partial charge in [-0.05, 0) is 64.2 Å². The van der Waals surface area contributed by atoms with Crippen LogP contribution in [0.25, 0.3) is 0 Å². The maximum Gasteiger partial charge on any atom is 0.306 e. The molecule has 0 saturated carbocycles. The van der Waals surface area contributed by atoms with Crippen LogP contribution in [-0.4, -0.2) is 37.0 Å². The summed E-state index contributed by atoms with van der Waals surface area (Å²) in [6.07, 6.45) is 53.7. The van der Waals surface area contributed by atoms with Crippen molar-refractivity contribution in [2.75, 3.05) is 19.8 Å². The molecule has 4 nitrogen and oxygen atoms in total. The van der Waals surface area contributed by atoms with Crippen LogP contribution < -0.4 is 0 Å². The van der Waals surface area contributed by atoms with Crippen LogP contribution in [0.15, 0.2) is 72.9 Å². The molecule has 1 unspecified atom stereocenters. The van der Waals surface area contributed by atoms with E-state index in [1.165, 1.54) is 70.6 Å². The highest BCUT2D eigenvalue weighted by Crippen LogP contribution is 2.12. The lowest BCUT2D eigenvalue weighted by molar-refractivity contribution is -0.154. The fourth-order valence-electron chi connectivity index (χ4n) is 5.15. The van der Waals surface area contributed by atoms with Gasteiger partial charge in [-0.15, -0.1) is 0 Å². The Morgan fingerprint density at radius 1 is 0.532 bits per heavy atom. The Hall–Kier alpha value is -2.17. The van der Waals surface area contributed by atoms with Crippen LogP contribution >= 0.6 is 0 Å². The van der Waals surface area contributed by atoms with Gasteiger partial charge in [-0.3, -0.25) is 4.79 Å². The number of unbranched alkanes of at least 4 members (excludes halogenated alkanes) is 15. The summed E-state index contributed by atoms with van der Waals surface area (Å²) >= 11 is 0. The summed E-state index contributed by atoms with van der Waals surface area (Å²) in [5.41, 5.74) is 0. The molecule has 0 bridgehead atoms. The monoisotopic (exact) mass is 655 g/mol. The molecule has 0 aromatic heterocycles. The van der Waals surface area contributed by atoms with E-state index in [1.807, 2.05) is 0 Å². The molecule has 0 heterocycles. The lowest BCUT2D eigenvalue weighted by atomic mass is 10.1. The minimum absolute atomic E-state index is 0.184. The lowest BCUT2D eigenvalue weighted by Gasteiger charge is -2.15. The molecule has 0 aliphatic carbocycles. The zero-order valence-corrected chi connectivity index (χ0v) is 30.8. The summed E-state index contributed by atoms with van der Waals surface area (Å²) in [7, 11) is 0. The molecule has 0 saturated heterocycles. The van der Waals surface area contributed by atoms with Gasteiger partial charge in [0, 0.05) is 13.0 Å². The molecule has 47 heavy (non-hydrogen) atoms. The number of hydrogen-bond donors (Lipinski definition) is 1. The summed E-state index contributed by atoms with van der Waals surface area (Å²) in [5.74, 6) is -0.227. The quantitative estimate of drug-likeness (QED) is 0.0420. The summed E-state index contributed by atoms with van der Waals surface area (Å²) in [5, 5.41) is 9.56. The SMILES string of the molecule is CC/C=C\C/C=C\C/C=C\C/C=C\C/C=C\C/C=C\CCCCCCC(=O)OC(CO)COCCCCCCCCCCCCCC. The zero-order valence-electron chi connectivity index (χ0n) is 30.8. The van der Waals surface area contributed by atoms with Gasteiger partial charge in [0.05, 0.1) is 13.2 Å². The fraction of sp³-hybridized carbons (Fsp3) is 0.698. The number of aliphatic hydroxyl groups excluding tert-OH is 1. The van der Waals surface area contributed by atoms with Gasteiger partial charge in [0.15, 0.2) is 0 Å². The summed E-state index contributed by atoms with van der Waals surface area (Å²) in [6, 6.07) is 0. The number of carbonyl (C=O) groups excluding carboxylic acids is 1. The largest absolute Gasteiger partial charge is 0.457 e. The molecule has 0 fully saturated rings. The minimum atomic E-state index is -0.548. The van der Waals surface area contributed by atoms with E-state index in [0.717, 1.165) is 77.0 Å². The van der Waals surface area contributed by atoms with E-state index >= 15 is 0 Å². The average Bonchev–Trinajstić information content (AvgIpc) is 3.08. The average molecular weight is 655 g/mol. The highest BCUT2D eigenvalue weighted by atomic mass is 16.6. The second-order valence-corrected chi connectivity index (χ2v) is 12.6. The third-order valence-corrected chi connectivity index (χ3v) is 8.05. The van der Waals surface area contributed by atoms with Gasteiger partial charge in [0.25, 0.3) is 0 Å². The van der Waals surface area contributed by atoms with E-state index in [0.29, 0.717) is 13.0 Å². The molecule has 0 aromatic carbocycles. The smallest absolute Gasteiger partial charge is 0.306 e. The number of hydrogen-bond acceptors (Lipinski definition) is 4. The lowest BCUT2D eigenvalue weighted by Crippen LogP contribution is -2.27. The van der Waals surface area contributed by atoms with Crippen molar-refractivity contribution in [2.24, 2.45) is 0 Å². The predicted molar refractivity (Wildman–Crippen MR) is 205 cm³/mol. The molecule has 270 valence electrons. The number of allylic oxidation sites excluding steroid dienone is 12. The highest BCUT2D eigenvalue weighted by molar-refractivity contribution is 5.69. The van der Waals surface area contributed by atoms with Crippen LogP contribution in [-0.2, 0) is 14.3 Å². The topological polar surface area (TPSA) is 55.8 Å². The van der Waals surface area contributed by atoms with E-state index in [2.05, 4.69) is 86.8 Å². The first-order chi connectivity index (χ1) is 23.2. The van der Waals surface area contributed by atoms with E-state index in [4.69, 9.17) is 9.47 Å². The van der Waals surface area contributed by atoms with Gasteiger partial charge < -0.3 is 14.6 Å². The Kier molecular flexibility index (Phi) is 38.2. The number of aliphatic hydroxyl groups is 1. The summed E-state index contributed by atoms with van der Waals surface area (Å²) < 4.78 is 11.1. The minimum Gasteiger partial charge on any atom is -0.457 e. The summed E-state index contributed by atoms with van der Waals surface area (Å²) in [4.78, 5) is 12.2. The van der Waals surface area contributed by atoms with Gasteiger partial charge in [-0.25, -0.2) is 0 Å². The van der Waals surface area contributed by atoms with Crippen LogP contribution in [0.3, 0.4) is 0 Å². The van der Waals surface area contributed by atoms with E-state index in [9.17, 15) is 9.90 Å². The Morgan fingerprint density at radius 2 is 0.957 bits per heavy atom. The van der Waals surface area contributed by atoms with Crippen molar-refractivity contribution in [3.8, 4) is 0 Å². The van der Waals surface area contributed by atoms with Crippen LogP contribution in [0, 0.1) is 0 Å². The predicted octanol–water partition coefficient (Wildman–Crippen LogP) is 12.6. The first-order valence-corrected chi connectivity index (χ1v) is 19.5. The van der Waals surface area contributed by atoms with Gasteiger partial charge in [0.1, 0.15) is 6.10 Å². The van der Waals surface area contributed by atoms with Gasteiger partial charge in [-0.1, -0.05) is 170 Å². The van der Waals surface area contributed by atoms with Crippen LogP contribution in [0.4, 0.5) is 0 Å². The first-order valence-electron chi connectivity index (χ1n) is 19.5. The highest BCUT2D eigenvalue weighted by Gasteiger charge is 2.13. The van der Waals surface area contributed by atoms with E-state index in [-0.39, 0.29) is 19.2 Å². The molecular formula is C43H74O4. The molecule has 0 radical (unpaired) electrons. The Balaban J connectivity index is 3.56. The second kappa shape index (κ2) is 40.0. The number of esters is 1. The third-order valence-electron chi connectivity index (χ3n) is 8.05. The third kappa shape index (κ3) is 38.2.